The summed E-state index contributed by atoms with van der Waals surface area (Å²) in [5.74, 6) is -1.14. The third-order valence-corrected chi connectivity index (χ3v) is 4.51. The SMILES string of the molecule is COC(=O)c1sccc1NC(=O)COC(=O)c1ccccc1Oc1cccnc1. The van der Waals surface area contributed by atoms with Crippen molar-refractivity contribution in [2.45, 2.75) is 0 Å². The molecular weight excluding hydrogens is 396 g/mol. The molecule has 0 unspecified atom stereocenters. The maximum Gasteiger partial charge on any atom is 0.350 e. The number of esters is 2. The molecule has 0 saturated carbocycles. The van der Waals surface area contributed by atoms with E-state index in [1.807, 2.05) is 0 Å². The highest BCUT2D eigenvalue weighted by Gasteiger charge is 2.18. The van der Waals surface area contributed by atoms with Crippen molar-refractivity contribution in [2.75, 3.05) is 19.0 Å². The molecule has 1 aromatic carbocycles. The second-order valence-corrected chi connectivity index (χ2v) is 6.48. The number of pyridine rings is 1. The molecule has 0 saturated heterocycles. The molecule has 0 aliphatic heterocycles. The molecule has 148 valence electrons. The Morgan fingerprint density at radius 2 is 1.90 bits per heavy atom. The zero-order valence-electron chi connectivity index (χ0n) is 15.3. The molecule has 3 aromatic rings. The fourth-order valence-corrected chi connectivity index (χ4v) is 3.08. The van der Waals surface area contributed by atoms with Gasteiger partial charge in [-0.2, -0.15) is 0 Å². The molecule has 0 aliphatic carbocycles. The largest absolute Gasteiger partial charge is 0.465 e. The molecule has 3 rings (SSSR count). The van der Waals surface area contributed by atoms with E-state index in [-0.39, 0.29) is 16.2 Å². The molecule has 2 heterocycles. The van der Waals surface area contributed by atoms with Crippen LogP contribution in [0.4, 0.5) is 5.69 Å². The number of nitrogens with one attached hydrogen (secondary N) is 1. The van der Waals surface area contributed by atoms with E-state index < -0.39 is 24.5 Å². The number of aromatic nitrogens is 1. The highest BCUT2D eigenvalue weighted by Crippen LogP contribution is 2.25. The molecule has 0 aliphatic rings. The molecule has 0 radical (unpaired) electrons. The lowest BCUT2D eigenvalue weighted by Gasteiger charge is -2.11. The van der Waals surface area contributed by atoms with Crippen LogP contribution < -0.4 is 10.1 Å². The second kappa shape index (κ2) is 9.47. The molecule has 8 nitrogen and oxygen atoms in total. The number of para-hydroxylation sites is 1. The fraction of sp³-hybridized carbons (Fsp3) is 0.100. The van der Waals surface area contributed by atoms with Crippen LogP contribution in [0.1, 0.15) is 20.0 Å². The summed E-state index contributed by atoms with van der Waals surface area (Å²) in [6, 6.07) is 11.5. The van der Waals surface area contributed by atoms with E-state index in [4.69, 9.17) is 9.47 Å². The van der Waals surface area contributed by atoms with Crippen molar-refractivity contribution in [3.63, 3.8) is 0 Å². The summed E-state index contributed by atoms with van der Waals surface area (Å²) in [4.78, 5) is 40.4. The number of amides is 1. The van der Waals surface area contributed by atoms with Crippen molar-refractivity contribution >= 4 is 34.9 Å². The van der Waals surface area contributed by atoms with Crippen molar-refractivity contribution in [2.24, 2.45) is 0 Å². The summed E-state index contributed by atoms with van der Waals surface area (Å²) in [7, 11) is 1.25. The van der Waals surface area contributed by atoms with E-state index in [9.17, 15) is 14.4 Å². The summed E-state index contributed by atoms with van der Waals surface area (Å²) in [5.41, 5.74) is 0.457. The lowest BCUT2D eigenvalue weighted by Crippen LogP contribution is -2.21. The number of rotatable bonds is 7. The highest BCUT2D eigenvalue weighted by molar-refractivity contribution is 7.12. The van der Waals surface area contributed by atoms with E-state index in [1.165, 1.54) is 19.4 Å². The summed E-state index contributed by atoms with van der Waals surface area (Å²) < 4.78 is 15.4. The van der Waals surface area contributed by atoms with E-state index in [1.54, 1.807) is 48.0 Å². The van der Waals surface area contributed by atoms with Crippen molar-refractivity contribution < 1.29 is 28.6 Å². The monoisotopic (exact) mass is 412 g/mol. The van der Waals surface area contributed by atoms with Crippen molar-refractivity contribution in [1.82, 2.24) is 4.98 Å². The number of hydrogen-bond donors (Lipinski definition) is 1. The highest BCUT2D eigenvalue weighted by atomic mass is 32.1. The van der Waals surface area contributed by atoms with Gasteiger partial charge in [0.2, 0.25) is 0 Å². The predicted octanol–water partition coefficient (Wildman–Crippen LogP) is 3.52. The molecular formula is C20H16N2O6S. The lowest BCUT2D eigenvalue weighted by atomic mass is 10.2. The average molecular weight is 412 g/mol. The van der Waals surface area contributed by atoms with Gasteiger partial charge in [0.05, 0.1) is 19.0 Å². The predicted molar refractivity (Wildman–Crippen MR) is 105 cm³/mol. The number of hydrogen-bond acceptors (Lipinski definition) is 8. The van der Waals surface area contributed by atoms with Crippen molar-refractivity contribution in [1.29, 1.82) is 0 Å². The van der Waals surface area contributed by atoms with Crippen LogP contribution in [0.3, 0.4) is 0 Å². The summed E-state index contributed by atoms with van der Waals surface area (Å²) in [5, 5.41) is 4.16. The number of anilines is 1. The Kier molecular flexibility index (Phi) is 6.54. The molecule has 2 aromatic heterocycles. The third kappa shape index (κ3) is 5.17. The molecule has 0 bridgehead atoms. The molecule has 1 N–H and O–H groups in total. The minimum Gasteiger partial charge on any atom is -0.465 e. The van der Waals surface area contributed by atoms with Gasteiger partial charge in [0.15, 0.2) is 6.61 Å². The third-order valence-electron chi connectivity index (χ3n) is 3.61. The van der Waals surface area contributed by atoms with Crippen LogP contribution in [-0.4, -0.2) is 36.5 Å². The zero-order valence-corrected chi connectivity index (χ0v) is 16.1. The van der Waals surface area contributed by atoms with Gasteiger partial charge in [-0.25, -0.2) is 9.59 Å². The minimum atomic E-state index is -0.724. The molecule has 0 fully saturated rings. The van der Waals surface area contributed by atoms with E-state index in [0.717, 1.165) is 11.3 Å². The first-order valence-electron chi connectivity index (χ1n) is 8.38. The Balaban J connectivity index is 1.62. The summed E-state index contributed by atoms with van der Waals surface area (Å²) in [6.45, 7) is -0.531. The molecule has 9 heteroatoms. The number of nitrogens with zero attached hydrogens (tertiary/aromatic N) is 1. The van der Waals surface area contributed by atoms with Gasteiger partial charge in [0.1, 0.15) is 21.9 Å². The molecule has 29 heavy (non-hydrogen) atoms. The van der Waals surface area contributed by atoms with Crippen LogP contribution >= 0.6 is 11.3 Å². The van der Waals surface area contributed by atoms with Gasteiger partial charge in [-0.1, -0.05) is 12.1 Å². The topological polar surface area (TPSA) is 104 Å². The fourth-order valence-electron chi connectivity index (χ4n) is 2.31. The summed E-state index contributed by atoms with van der Waals surface area (Å²) in [6.07, 6.45) is 3.11. The number of methoxy groups -OCH3 is 1. The maximum atomic E-state index is 12.4. The van der Waals surface area contributed by atoms with Gasteiger partial charge in [-0.3, -0.25) is 9.78 Å². The van der Waals surface area contributed by atoms with Crippen molar-refractivity contribution in [3.05, 3.63) is 70.7 Å². The Morgan fingerprint density at radius 1 is 1.07 bits per heavy atom. The van der Waals surface area contributed by atoms with Crippen LogP contribution in [0, 0.1) is 0 Å². The number of benzene rings is 1. The van der Waals surface area contributed by atoms with Crippen molar-refractivity contribution in [3.8, 4) is 11.5 Å². The first-order valence-corrected chi connectivity index (χ1v) is 9.26. The van der Waals surface area contributed by atoms with Crippen LogP contribution in [-0.2, 0) is 14.3 Å². The Morgan fingerprint density at radius 3 is 2.66 bits per heavy atom. The van der Waals surface area contributed by atoms with E-state index >= 15 is 0 Å². The van der Waals surface area contributed by atoms with Crippen LogP contribution in [0.15, 0.2) is 60.2 Å². The number of carbonyl (C=O) groups is 3. The first kappa shape index (κ1) is 20.0. The minimum absolute atomic E-state index is 0.162. The normalized spacial score (nSPS) is 10.1. The molecule has 0 atom stereocenters. The van der Waals surface area contributed by atoms with Gasteiger partial charge < -0.3 is 19.5 Å². The van der Waals surface area contributed by atoms with Crippen LogP contribution in [0.5, 0.6) is 11.5 Å². The molecule has 0 spiro atoms. The standard InChI is InChI=1S/C20H16N2O6S/c1-26-20(25)18-15(8-10-29-18)22-17(23)12-27-19(24)14-6-2-3-7-16(14)28-13-5-4-9-21-11-13/h2-11H,12H2,1H3,(H,22,23). The summed E-state index contributed by atoms with van der Waals surface area (Å²) >= 11 is 1.13. The Hall–Kier alpha value is -3.72. The van der Waals surface area contributed by atoms with E-state index in [2.05, 4.69) is 15.0 Å². The smallest absolute Gasteiger partial charge is 0.350 e. The van der Waals surface area contributed by atoms with Gasteiger partial charge in [0.25, 0.3) is 5.91 Å². The van der Waals surface area contributed by atoms with E-state index in [0.29, 0.717) is 11.4 Å². The average Bonchev–Trinajstić information content (AvgIpc) is 3.20. The number of carbonyl (C=O) groups excluding carboxylic acids is 3. The van der Waals surface area contributed by atoms with Gasteiger partial charge in [-0.15, -0.1) is 11.3 Å². The molecule has 1 amide bonds. The Labute approximate surface area is 170 Å². The van der Waals surface area contributed by atoms with Crippen LogP contribution in [0.2, 0.25) is 0 Å². The zero-order chi connectivity index (χ0) is 20.6. The second-order valence-electron chi connectivity index (χ2n) is 5.57. The van der Waals surface area contributed by atoms with Gasteiger partial charge in [0, 0.05) is 6.20 Å². The quantitative estimate of drug-likeness (QED) is 0.592. The lowest BCUT2D eigenvalue weighted by molar-refractivity contribution is -0.119. The van der Waals surface area contributed by atoms with Crippen LogP contribution in [0.25, 0.3) is 0 Å². The van der Waals surface area contributed by atoms with Gasteiger partial charge >= 0.3 is 11.9 Å². The number of ether oxygens (including phenoxy) is 3. The number of thiophene rings is 1. The Bertz CT molecular complexity index is 1020. The first-order chi connectivity index (χ1) is 14.1. The van der Waals surface area contributed by atoms with Gasteiger partial charge in [-0.05, 0) is 35.7 Å². The maximum absolute atomic E-state index is 12.4.